The van der Waals surface area contributed by atoms with E-state index in [1.165, 1.54) is 11.1 Å². The fourth-order valence-electron chi connectivity index (χ4n) is 1.69. The van der Waals surface area contributed by atoms with E-state index in [1.54, 1.807) is 0 Å². The molecule has 1 aliphatic rings. The Morgan fingerprint density at radius 2 is 2.25 bits per heavy atom. The minimum Gasteiger partial charge on any atom is -0.463 e. The highest BCUT2D eigenvalue weighted by atomic mass is 16.5. The van der Waals surface area contributed by atoms with Gasteiger partial charge >= 0.3 is 0 Å². The molecule has 0 fully saturated rings. The lowest BCUT2D eigenvalue weighted by atomic mass is 10.1. The molecule has 0 atom stereocenters. The zero-order chi connectivity index (χ0) is 8.55. The maximum atomic E-state index is 5.53. The molecule has 0 saturated carbocycles. The number of hydrogen-bond acceptors (Lipinski definition) is 3. The van der Waals surface area contributed by atoms with Crippen LogP contribution in [-0.4, -0.2) is 6.54 Å². The van der Waals surface area contributed by atoms with E-state index in [1.807, 2.05) is 6.92 Å². The van der Waals surface area contributed by atoms with Gasteiger partial charge in [0, 0.05) is 11.1 Å². The predicted octanol–water partition coefficient (Wildman–Crippen LogP) is 1.12. The van der Waals surface area contributed by atoms with Gasteiger partial charge in [0.15, 0.2) is 0 Å². The Kier molecular flexibility index (Phi) is 1.90. The van der Waals surface area contributed by atoms with Crippen LogP contribution in [0.1, 0.15) is 22.6 Å². The zero-order valence-electron chi connectivity index (χ0n) is 7.22. The average Bonchev–Trinajstić information content (AvgIpc) is 2.56. The van der Waals surface area contributed by atoms with Crippen molar-refractivity contribution in [3.8, 4) is 0 Å². The smallest absolute Gasteiger partial charge is 0.135 e. The normalized spacial score (nSPS) is 15.2. The van der Waals surface area contributed by atoms with Gasteiger partial charge in [0.2, 0.25) is 0 Å². The first-order chi connectivity index (χ1) is 5.83. The average molecular weight is 167 g/mol. The maximum Gasteiger partial charge on any atom is 0.135 e. The first kappa shape index (κ1) is 7.83. The second-order valence-corrected chi connectivity index (χ2v) is 3.07. The number of hydrogen-bond donors (Lipinski definition) is 1. The topological polar surface area (TPSA) is 48.4 Å². The first-order valence-electron chi connectivity index (χ1n) is 4.20. The van der Waals surface area contributed by atoms with Crippen molar-refractivity contribution in [3.05, 3.63) is 22.6 Å². The summed E-state index contributed by atoms with van der Waals surface area (Å²) in [5.41, 5.74) is 7.99. The van der Waals surface area contributed by atoms with Crippen molar-refractivity contribution >= 4 is 0 Å². The molecule has 0 unspecified atom stereocenters. The van der Waals surface area contributed by atoms with Crippen LogP contribution in [0.25, 0.3) is 0 Å². The molecule has 3 heteroatoms. The molecule has 0 spiro atoms. The van der Waals surface area contributed by atoms with Crippen molar-refractivity contribution in [3.63, 3.8) is 0 Å². The van der Waals surface area contributed by atoms with Crippen LogP contribution in [0, 0.1) is 6.92 Å². The quantitative estimate of drug-likeness (QED) is 0.718. The summed E-state index contributed by atoms with van der Waals surface area (Å²) in [5.74, 6) is 2.00. The molecule has 2 rings (SSSR count). The second kappa shape index (κ2) is 2.92. The molecule has 0 radical (unpaired) electrons. The summed E-state index contributed by atoms with van der Waals surface area (Å²) in [5, 5.41) is 0. The van der Waals surface area contributed by atoms with Gasteiger partial charge in [0.1, 0.15) is 18.1 Å². The molecule has 66 valence electrons. The zero-order valence-corrected chi connectivity index (χ0v) is 7.22. The fraction of sp³-hybridized carbons (Fsp3) is 0.556. The Morgan fingerprint density at radius 1 is 1.42 bits per heavy atom. The summed E-state index contributed by atoms with van der Waals surface area (Å²) in [6, 6.07) is 0. The molecule has 1 aromatic rings. The molecule has 0 aromatic carbocycles. The lowest BCUT2D eigenvalue weighted by molar-refractivity contribution is 0.122. The first-order valence-corrected chi connectivity index (χ1v) is 4.20. The number of nitrogens with two attached hydrogens (primary N) is 1. The SMILES string of the molecule is Cc1oc2c(c1CCN)COC2. The summed E-state index contributed by atoms with van der Waals surface area (Å²) in [7, 11) is 0. The fourth-order valence-corrected chi connectivity index (χ4v) is 1.69. The van der Waals surface area contributed by atoms with E-state index >= 15 is 0 Å². The monoisotopic (exact) mass is 167 g/mol. The summed E-state index contributed by atoms with van der Waals surface area (Å²) >= 11 is 0. The molecule has 0 bridgehead atoms. The van der Waals surface area contributed by atoms with Gasteiger partial charge in [-0.05, 0) is 19.9 Å². The Balaban J connectivity index is 2.38. The van der Waals surface area contributed by atoms with E-state index in [2.05, 4.69) is 0 Å². The number of aryl methyl sites for hydroxylation is 1. The van der Waals surface area contributed by atoms with Crippen LogP contribution >= 0.6 is 0 Å². The Morgan fingerprint density at radius 3 is 3.00 bits per heavy atom. The van der Waals surface area contributed by atoms with Crippen LogP contribution in [-0.2, 0) is 24.4 Å². The highest BCUT2D eigenvalue weighted by molar-refractivity contribution is 5.34. The Bertz CT molecular complexity index is 291. The van der Waals surface area contributed by atoms with Crippen LogP contribution in [0.5, 0.6) is 0 Å². The van der Waals surface area contributed by atoms with E-state index in [-0.39, 0.29) is 0 Å². The highest BCUT2D eigenvalue weighted by Gasteiger charge is 2.21. The van der Waals surface area contributed by atoms with E-state index in [9.17, 15) is 0 Å². The van der Waals surface area contributed by atoms with E-state index in [4.69, 9.17) is 14.9 Å². The van der Waals surface area contributed by atoms with E-state index in [0.29, 0.717) is 19.8 Å². The van der Waals surface area contributed by atoms with Crippen LogP contribution in [0.15, 0.2) is 4.42 Å². The third-order valence-electron chi connectivity index (χ3n) is 2.28. The van der Waals surface area contributed by atoms with Gasteiger partial charge in [-0.2, -0.15) is 0 Å². The Labute approximate surface area is 71.5 Å². The highest BCUT2D eigenvalue weighted by Crippen LogP contribution is 2.28. The molecule has 1 aromatic heterocycles. The molecular weight excluding hydrogens is 154 g/mol. The lowest BCUT2D eigenvalue weighted by Crippen LogP contribution is -2.04. The number of rotatable bonds is 2. The number of furan rings is 1. The van der Waals surface area contributed by atoms with Crippen LogP contribution in [0.4, 0.5) is 0 Å². The maximum absolute atomic E-state index is 5.53. The standard InChI is InChI=1S/C9H13NO2/c1-6-7(2-3-10)8-4-11-5-9(8)12-6/h2-5,10H2,1H3. The van der Waals surface area contributed by atoms with Crippen molar-refractivity contribution in [2.75, 3.05) is 6.54 Å². The van der Waals surface area contributed by atoms with Crippen LogP contribution in [0.3, 0.4) is 0 Å². The van der Waals surface area contributed by atoms with Crippen molar-refractivity contribution in [1.29, 1.82) is 0 Å². The molecule has 2 heterocycles. The largest absolute Gasteiger partial charge is 0.463 e. The molecule has 2 N–H and O–H groups in total. The van der Waals surface area contributed by atoms with Gasteiger partial charge in [-0.3, -0.25) is 0 Å². The molecule has 0 aliphatic carbocycles. The second-order valence-electron chi connectivity index (χ2n) is 3.07. The van der Waals surface area contributed by atoms with Crippen molar-refractivity contribution in [1.82, 2.24) is 0 Å². The van der Waals surface area contributed by atoms with Crippen LogP contribution < -0.4 is 5.73 Å². The summed E-state index contributed by atoms with van der Waals surface area (Å²) in [6.45, 7) is 3.98. The van der Waals surface area contributed by atoms with E-state index in [0.717, 1.165) is 17.9 Å². The molecular formula is C9H13NO2. The van der Waals surface area contributed by atoms with Gasteiger partial charge in [-0.15, -0.1) is 0 Å². The number of fused-ring (bicyclic) bond motifs is 1. The minimum absolute atomic E-state index is 0.626. The summed E-state index contributed by atoms with van der Waals surface area (Å²) in [6.07, 6.45) is 0.897. The van der Waals surface area contributed by atoms with Gasteiger partial charge in [0.05, 0.1) is 6.61 Å². The lowest BCUT2D eigenvalue weighted by Gasteiger charge is -1.98. The molecule has 12 heavy (non-hydrogen) atoms. The van der Waals surface area contributed by atoms with Gasteiger partial charge in [-0.1, -0.05) is 0 Å². The predicted molar refractivity (Wildman–Crippen MR) is 44.7 cm³/mol. The van der Waals surface area contributed by atoms with E-state index < -0.39 is 0 Å². The summed E-state index contributed by atoms with van der Waals surface area (Å²) in [4.78, 5) is 0. The minimum atomic E-state index is 0.626. The van der Waals surface area contributed by atoms with Gasteiger partial charge in [0.25, 0.3) is 0 Å². The van der Waals surface area contributed by atoms with Gasteiger partial charge < -0.3 is 14.9 Å². The molecule has 0 saturated heterocycles. The molecule has 3 nitrogen and oxygen atoms in total. The number of ether oxygens (including phenoxy) is 1. The van der Waals surface area contributed by atoms with Crippen LogP contribution in [0.2, 0.25) is 0 Å². The third-order valence-corrected chi connectivity index (χ3v) is 2.28. The summed E-state index contributed by atoms with van der Waals surface area (Å²) < 4.78 is 10.8. The molecule has 1 aliphatic heterocycles. The molecule has 0 amide bonds. The Hall–Kier alpha value is -0.800. The van der Waals surface area contributed by atoms with Crippen molar-refractivity contribution in [2.45, 2.75) is 26.6 Å². The van der Waals surface area contributed by atoms with Gasteiger partial charge in [-0.25, -0.2) is 0 Å². The third kappa shape index (κ3) is 1.06. The van der Waals surface area contributed by atoms with Crippen molar-refractivity contribution < 1.29 is 9.15 Å². The van der Waals surface area contributed by atoms with Crippen molar-refractivity contribution in [2.24, 2.45) is 5.73 Å².